The van der Waals surface area contributed by atoms with E-state index in [1.54, 1.807) is 11.8 Å². The minimum Gasteiger partial charge on any atom is -0.406 e. The molecule has 0 spiro atoms. The van der Waals surface area contributed by atoms with Crippen molar-refractivity contribution in [3.05, 3.63) is 65.7 Å². The minimum atomic E-state index is -2.69. The van der Waals surface area contributed by atoms with Crippen molar-refractivity contribution in [1.29, 1.82) is 0 Å². The molecule has 0 radical (unpaired) electrons. The second-order valence-corrected chi connectivity index (χ2v) is 19.9. The average molecular weight is 612 g/mol. The summed E-state index contributed by atoms with van der Waals surface area (Å²) in [4.78, 5) is 13.2. The molecule has 1 aliphatic rings. The molecule has 6 nitrogen and oxygen atoms in total. The number of hydrogen-bond donors (Lipinski definition) is 1. The summed E-state index contributed by atoms with van der Waals surface area (Å²) in [6, 6.07) is 21.3. The molecular weight excluding hydrogens is 567 g/mol. The summed E-state index contributed by atoms with van der Waals surface area (Å²) in [6.45, 7) is 16.3. The molecule has 1 aliphatic heterocycles. The lowest BCUT2D eigenvalue weighted by Gasteiger charge is -2.44. The molecule has 2 aromatic carbocycles. The first-order valence-electron chi connectivity index (χ1n) is 14.5. The first-order chi connectivity index (χ1) is 19.3. The summed E-state index contributed by atoms with van der Waals surface area (Å²) in [5.41, 5.74) is -0.406. The number of aromatic nitrogens is 2. The van der Waals surface area contributed by atoms with Crippen molar-refractivity contribution in [2.24, 2.45) is 0 Å². The highest BCUT2D eigenvalue weighted by molar-refractivity contribution is 8.01. The van der Waals surface area contributed by atoms with E-state index in [-0.39, 0.29) is 17.0 Å². The van der Waals surface area contributed by atoms with E-state index in [4.69, 9.17) is 9.16 Å². The number of thioether (sulfide) groups is 1. The second kappa shape index (κ2) is 13.1. The monoisotopic (exact) mass is 611 g/mol. The Bertz CT molecular complexity index is 1230. The van der Waals surface area contributed by atoms with Crippen LogP contribution < -0.4 is 15.7 Å². The van der Waals surface area contributed by atoms with Crippen LogP contribution in [0.3, 0.4) is 0 Å². The molecule has 1 atom stereocenters. The normalized spacial score (nSPS) is 16.9. The van der Waals surface area contributed by atoms with Crippen LogP contribution in [-0.2, 0) is 19.4 Å². The maximum atomic E-state index is 13.2. The Labute approximate surface area is 255 Å². The molecule has 1 aromatic heterocycles. The van der Waals surface area contributed by atoms with Crippen LogP contribution in [0.25, 0.3) is 0 Å². The summed E-state index contributed by atoms with van der Waals surface area (Å²) >= 11 is 3.07. The van der Waals surface area contributed by atoms with Crippen LogP contribution in [0.15, 0.2) is 60.7 Å². The molecule has 0 aliphatic carbocycles. The van der Waals surface area contributed by atoms with E-state index < -0.39 is 18.5 Å². The highest BCUT2D eigenvalue weighted by Gasteiger charge is 2.51. The largest absolute Gasteiger partial charge is 0.406 e. The van der Waals surface area contributed by atoms with Crippen LogP contribution in [0, 0.1) is 0 Å². The van der Waals surface area contributed by atoms with E-state index in [9.17, 15) is 4.79 Å². The summed E-state index contributed by atoms with van der Waals surface area (Å²) in [5.74, 6) is 0.747. The van der Waals surface area contributed by atoms with E-state index in [0.29, 0.717) is 11.7 Å². The van der Waals surface area contributed by atoms with Crippen molar-refractivity contribution in [2.45, 2.75) is 89.0 Å². The fourth-order valence-corrected chi connectivity index (χ4v) is 11.8. The topological polar surface area (TPSA) is 73.3 Å². The Morgan fingerprint density at radius 3 is 2.12 bits per heavy atom. The van der Waals surface area contributed by atoms with Crippen molar-refractivity contribution < 1.29 is 14.0 Å². The highest BCUT2D eigenvalue weighted by Crippen LogP contribution is 2.39. The van der Waals surface area contributed by atoms with Gasteiger partial charge in [-0.05, 0) is 48.5 Å². The number of carbonyl (C=O) groups is 1. The SMILES string of the molecule is CC(C)(SC[C@H]1CCCCO1)C(=O)Nc1nnc(C(C)(C)CO[Si](c2ccccc2)(c2ccccc2)C(C)(C)C)s1. The maximum absolute atomic E-state index is 13.2. The van der Waals surface area contributed by atoms with E-state index in [1.165, 1.54) is 28.1 Å². The number of amides is 1. The third-order valence-corrected chi connectivity index (χ3v) is 15.4. The van der Waals surface area contributed by atoms with Gasteiger partial charge in [-0.15, -0.1) is 22.0 Å². The van der Waals surface area contributed by atoms with E-state index in [2.05, 4.69) is 111 Å². The zero-order chi connectivity index (χ0) is 29.7. The number of rotatable bonds is 11. The predicted octanol–water partition coefficient (Wildman–Crippen LogP) is 6.41. The van der Waals surface area contributed by atoms with Crippen LogP contribution in [0.1, 0.15) is 72.7 Å². The third-order valence-electron chi connectivity index (χ3n) is 7.74. The number of hydrogen-bond acceptors (Lipinski definition) is 7. The van der Waals surface area contributed by atoms with Crippen molar-refractivity contribution in [3.63, 3.8) is 0 Å². The number of benzene rings is 2. The summed E-state index contributed by atoms with van der Waals surface area (Å²) in [6.07, 6.45) is 3.62. The van der Waals surface area contributed by atoms with Crippen LogP contribution in [0.4, 0.5) is 5.13 Å². The highest BCUT2D eigenvalue weighted by atomic mass is 32.2. The summed E-state index contributed by atoms with van der Waals surface area (Å²) in [7, 11) is -2.69. The third kappa shape index (κ3) is 7.49. The van der Waals surface area contributed by atoms with Crippen LogP contribution in [0.2, 0.25) is 5.04 Å². The van der Waals surface area contributed by atoms with Crippen molar-refractivity contribution >= 4 is 52.8 Å². The molecule has 9 heteroatoms. The number of nitrogens with zero attached hydrogens (tertiary/aromatic N) is 2. The van der Waals surface area contributed by atoms with Gasteiger partial charge in [-0.2, -0.15) is 0 Å². The van der Waals surface area contributed by atoms with E-state index in [0.717, 1.165) is 30.2 Å². The van der Waals surface area contributed by atoms with Gasteiger partial charge < -0.3 is 9.16 Å². The molecule has 1 amide bonds. The molecule has 0 bridgehead atoms. The molecule has 0 saturated carbocycles. The first-order valence-corrected chi connectivity index (χ1v) is 18.2. The molecule has 1 saturated heterocycles. The van der Waals surface area contributed by atoms with Gasteiger partial charge >= 0.3 is 0 Å². The Morgan fingerprint density at radius 2 is 1.59 bits per heavy atom. The number of anilines is 1. The molecular formula is C32H45N3O3S2Si. The molecule has 1 N–H and O–H groups in total. The van der Waals surface area contributed by atoms with Gasteiger partial charge in [0.05, 0.1) is 10.9 Å². The lowest BCUT2D eigenvalue weighted by Crippen LogP contribution is -2.67. The van der Waals surface area contributed by atoms with Gasteiger partial charge in [0, 0.05) is 24.4 Å². The quantitative estimate of drug-likeness (QED) is 0.253. The van der Waals surface area contributed by atoms with Crippen LogP contribution >= 0.6 is 23.1 Å². The average Bonchev–Trinajstić information content (AvgIpc) is 3.43. The fraction of sp³-hybridized carbons (Fsp3) is 0.531. The molecule has 2 heterocycles. The van der Waals surface area contributed by atoms with Gasteiger partial charge in [0.15, 0.2) is 0 Å². The molecule has 222 valence electrons. The second-order valence-electron chi connectivity index (χ2n) is 13.0. The van der Waals surface area contributed by atoms with E-state index in [1.807, 2.05) is 13.8 Å². The smallest absolute Gasteiger partial charge is 0.261 e. The lowest BCUT2D eigenvalue weighted by molar-refractivity contribution is -0.117. The molecule has 41 heavy (non-hydrogen) atoms. The Balaban J connectivity index is 1.49. The summed E-state index contributed by atoms with van der Waals surface area (Å²) < 4.78 is 12.4. The number of ether oxygens (including phenoxy) is 1. The van der Waals surface area contributed by atoms with Crippen LogP contribution in [0.5, 0.6) is 0 Å². The van der Waals surface area contributed by atoms with E-state index >= 15 is 0 Å². The lowest BCUT2D eigenvalue weighted by atomic mass is 9.96. The van der Waals surface area contributed by atoms with Crippen molar-refractivity contribution in [3.8, 4) is 0 Å². The van der Waals surface area contributed by atoms with Gasteiger partial charge in [-0.3, -0.25) is 10.1 Å². The van der Waals surface area contributed by atoms with Gasteiger partial charge in [0.1, 0.15) is 5.01 Å². The number of nitrogens with one attached hydrogen (secondary N) is 1. The molecule has 4 rings (SSSR count). The number of carbonyl (C=O) groups excluding carboxylic acids is 1. The fourth-order valence-electron chi connectivity index (χ4n) is 5.21. The van der Waals surface area contributed by atoms with Crippen molar-refractivity contribution in [2.75, 3.05) is 24.3 Å². The van der Waals surface area contributed by atoms with Gasteiger partial charge in [-0.25, -0.2) is 0 Å². The predicted molar refractivity (Wildman–Crippen MR) is 175 cm³/mol. The van der Waals surface area contributed by atoms with Gasteiger partial charge in [0.25, 0.3) is 8.32 Å². The zero-order valence-electron chi connectivity index (χ0n) is 25.5. The Morgan fingerprint density at radius 1 is 0.976 bits per heavy atom. The summed E-state index contributed by atoms with van der Waals surface area (Å²) in [5, 5.41) is 15.6. The van der Waals surface area contributed by atoms with Crippen LogP contribution in [-0.4, -0.2) is 54.2 Å². The van der Waals surface area contributed by atoms with Gasteiger partial charge in [-0.1, -0.05) is 107 Å². The minimum absolute atomic E-state index is 0.0672. The van der Waals surface area contributed by atoms with Crippen molar-refractivity contribution in [1.82, 2.24) is 10.2 Å². The molecule has 1 fully saturated rings. The Hall–Kier alpha value is -2.04. The first kappa shape index (κ1) is 31.9. The molecule has 3 aromatic rings. The van der Waals surface area contributed by atoms with Gasteiger partial charge in [0.2, 0.25) is 11.0 Å². The zero-order valence-corrected chi connectivity index (χ0v) is 28.2. The Kier molecular flexibility index (Phi) is 10.2. The maximum Gasteiger partial charge on any atom is 0.261 e. The standard InChI is InChI=1S/C32H45N3O3S2Si/c1-30(2,3)41(25-17-10-8-11-18-25,26-19-12-9-13-20-26)38-23-31(4,5)28-34-35-29(40-28)33-27(36)32(6,7)39-22-24-16-14-15-21-37-24/h8-13,17-20,24H,14-16,21-23H2,1-7H3,(H,33,35,36)/t24-/m1/s1. The molecule has 0 unspecified atom stereocenters.